The molecule has 106 valence electrons. The molecule has 1 aromatic rings. The van der Waals surface area contributed by atoms with Crippen LogP contribution >= 0.6 is 11.8 Å². The Bertz CT molecular complexity index is 431. The van der Waals surface area contributed by atoms with E-state index in [1.165, 1.54) is 18.0 Å². The molecule has 0 aliphatic carbocycles. The van der Waals surface area contributed by atoms with Gasteiger partial charge in [-0.2, -0.15) is 0 Å². The van der Waals surface area contributed by atoms with E-state index in [1.807, 2.05) is 0 Å². The van der Waals surface area contributed by atoms with E-state index in [9.17, 15) is 9.59 Å². The number of carbonyl (C=O) groups is 2. The van der Waals surface area contributed by atoms with E-state index in [0.29, 0.717) is 12.3 Å². The highest BCUT2D eigenvalue weighted by Crippen LogP contribution is 2.27. The maximum absolute atomic E-state index is 11.6. The largest absolute Gasteiger partial charge is 0.480 e. The second-order valence-electron chi connectivity index (χ2n) is 4.56. The number of nitrogens with one attached hydrogen (secondary N) is 1. The number of hydrogen-bond donors (Lipinski definition) is 3. The third-order valence-corrected chi connectivity index (χ3v) is 4.03. The minimum absolute atomic E-state index is 0.148. The molecule has 1 aromatic heterocycles. The molecule has 0 bridgehead atoms. The number of rotatable bonds is 7. The van der Waals surface area contributed by atoms with E-state index in [2.05, 4.69) is 5.32 Å². The van der Waals surface area contributed by atoms with Crippen molar-refractivity contribution in [3.8, 4) is 0 Å². The summed E-state index contributed by atoms with van der Waals surface area (Å²) in [6, 6.07) is 2.48. The van der Waals surface area contributed by atoms with Crippen molar-refractivity contribution in [2.75, 3.05) is 5.75 Å². The van der Waals surface area contributed by atoms with Crippen LogP contribution in [0.2, 0.25) is 0 Å². The fourth-order valence-corrected chi connectivity index (χ4v) is 2.17. The van der Waals surface area contributed by atoms with Crippen molar-refractivity contribution in [1.82, 2.24) is 5.32 Å². The number of carboxylic acids is 1. The van der Waals surface area contributed by atoms with E-state index >= 15 is 0 Å². The summed E-state index contributed by atoms with van der Waals surface area (Å²) < 4.78 is 4.37. The lowest BCUT2D eigenvalue weighted by atomic mass is 10.1. The maximum atomic E-state index is 11.6. The zero-order chi connectivity index (χ0) is 14.5. The molecule has 4 N–H and O–H groups in total. The van der Waals surface area contributed by atoms with E-state index in [0.717, 1.165) is 0 Å². The quantitative estimate of drug-likeness (QED) is 0.685. The third-order valence-electron chi connectivity index (χ3n) is 2.63. The van der Waals surface area contributed by atoms with Crippen LogP contribution in [0.15, 0.2) is 22.8 Å². The van der Waals surface area contributed by atoms with Gasteiger partial charge in [-0.05, 0) is 26.0 Å². The fourth-order valence-electron chi connectivity index (χ4n) is 1.29. The molecule has 0 spiro atoms. The number of hydrogen-bond acceptors (Lipinski definition) is 5. The summed E-state index contributed by atoms with van der Waals surface area (Å²) >= 11 is 1.21. The molecule has 7 heteroatoms. The molecule has 0 aliphatic rings. The van der Waals surface area contributed by atoms with E-state index in [-0.39, 0.29) is 11.7 Å². The summed E-state index contributed by atoms with van der Waals surface area (Å²) in [5, 5.41) is 11.5. The van der Waals surface area contributed by atoms with Gasteiger partial charge in [0.15, 0.2) is 0 Å². The Labute approximate surface area is 115 Å². The van der Waals surface area contributed by atoms with Gasteiger partial charge in [0.2, 0.25) is 5.91 Å². The molecule has 1 rings (SSSR count). The summed E-state index contributed by atoms with van der Waals surface area (Å²) in [7, 11) is 0. The molecule has 0 saturated carbocycles. The first-order valence-corrected chi connectivity index (χ1v) is 6.73. The summed E-state index contributed by atoms with van der Waals surface area (Å²) in [6.45, 7) is 3.73. The molecular weight excluding hydrogens is 268 g/mol. The third kappa shape index (κ3) is 4.96. The summed E-state index contributed by atoms with van der Waals surface area (Å²) in [5.74, 6) is -0.449. The molecule has 0 saturated heterocycles. The normalized spacial score (nSPS) is 13.0. The monoisotopic (exact) mass is 286 g/mol. The average molecular weight is 286 g/mol. The van der Waals surface area contributed by atoms with Crippen LogP contribution in [0.1, 0.15) is 19.6 Å². The standard InChI is InChI=1S/C12H18N2O4S/c1-12(2,10(13)11(16)17)19-7-9(15)14-6-8-4-3-5-18-8/h3-5,10H,6-7,13H2,1-2H3,(H,14,15)(H,16,17)/t10-/m1/s1. The van der Waals surface area contributed by atoms with Gasteiger partial charge >= 0.3 is 5.97 Å². The van der Waals surface area contributed by atoms with Crippen molar-refractivity contribution in [2.45, 2.75) is 31.2 Å². The van der Waals surface area contributed by atoms with Crippen LogP contribution in [-0.4, -0.2) is 33.5 Å². The molecule has 1 atom stereocenters. The molecule has 0 fully saturated rings. The van der Waals surface area contributed by atoms with Gasteiger partial charge in [-0.1, -0.05) is 0 Å². The van der Waals surface area contributed by atoms with Crippen LogP contribution in [0.5, 0.6) is 0 Å². The van der Waals surface area contributed by atoms with Crippen LogP contribution in [0.4, 0.5) is 0 Å². The van der Waals surface area contributed by atoms with Gasteiger partial charge in [0.05, 0.1) is 18.6 Å². The first-order valence-electron chi connectivity index (χ1n) is 5.74. The number of amides is 1. The van der Waals surface area contributed by atoms with Crippen LogP contribution < -0.4 is 11.1 Å². The van der Waals surface area contributed by atoms with Crippen LogP contribution in [-0.2, 0) is 16.1 Å². The van der Waals surface area contributed by atoms with Gasteiger partial charge in [-0.15, -0.1) is 11.8 Å². The first-order chi connectivity index (χ1) is 8.83. The number of carbonyl (C=O) groups excluding carboxylic acids is 1. The minimum Gasteiger partial charge on any atom is -0.480 e. The molecule has 0 aromatic carbocycles. The Balaban J connectivity index is 2.35. The first kappa shape index (κ1) is 15.6. The van der Waals surface area contributed by atoms with Gasteiger partial charge in [-0.3, -0.25) is 9.59 Å². The van der Waals surface area contributed by atoms with Crippen molar-refractivity contribution >= 4 is 23.6 Å². The highest BCUT2D eigenvalue weighted by atomic mass is 32.2. The number of aliphatic carboxylic acids is 1. The molecule has 19 heavy (non-hydrogen) atoms. The zero-order valence-electron chi connectivity index (χ0n) is 10.9. The lowest BCUT2D eigenvalue weighted by Crippen LogP contribution is -2.47. The molecule has 0 radical (unpaired) electrons. The minimum atomic E-state index is -1.08. The zero-order valence-corrected chi connectivity index (χ0v) is 11.7. The molecule has 0 unspecified atom stereocenters. The van der Waals surface area contributed by atoms with E-state index in [1.54, 1.807) is 26.0 Å². The predicted octanol–water partition coefficient (Wildman–Crippen LogP) is 0.819. The van der Waals surface area contributed by atoms with Crippen molar-refractivity contribution in [3.05, 3.63) is 24.2 Å². The lowest BCUT2D eigenvalue weighted by molar-refractivity contribution is -0.139. The number of thioether (sulfide) groups is 1. The summed E-state index contributed by atoms with van der Waals surface area (Å²) in [6.07, 6.45) is 1.53. The van der Waals surface area contributed by atoms with Crippen molar-refractivity contribution in [1.29, 1.82) is 0 Å². The Morgan fingerprint density at radius 1 is 1.58 bits per heavy atom. The lowest BCUT2D eigenvalue weighted by Gasteiger charge is -2.27. The highest BCUT2D eigenvalue weighted by molar-refractivity contribution is 8.01. The van der Waals surface area contributed by atoms with Gasteiger partial charge in [0.1, 0.15) is 11.8 Å². The van der Waals surface area contributed by atoms with Crippen molar-refractivity contribution in [3.63, 3.8) is 0 Å². The average Bonchev–Trinajstić information content (AvgIpc) is 2.86. The highest BCUT2D eigenvalue weighted by Gasteiger charge is 2.33. The number of nitrogens with two attached hydrogens (primary N) is 1. The SMILES string of the molecule is CC(C)(SCC(=O)NCc1ccco1)[C@H](N)C(=O)O. The molecule has 0 aliphatic heterocycles. The molecular formula is C12H18N2O4S. The van der Waals surface area contributed by atoms with Crippen LogP contribution in [0.25, 0.3) is 0 Å². The smallest absolute Gasteiger partial charge is 0.321 e. The Hall–Kier alpha value is -1.47. The maximum Gasteiger partial charge on any atom is 0.321 e. The van der Waals surface area contributed by atoms with E-state index < -0.39 is 16.8 Å². The number of carboxylic acid groups (broad SMARTS) is 1. The van der Waals surface area contributed by atoms with Crippen molar-refractivity contribution in [2.24, 2.45) is 5.73 Å². The summed E-state index contributed by atoms with van der Waals surface area (Å²) in [4.78, 5) is 22.4. The van der Waals surface area contributed by atoms with Gasteiger partial charge in [-0.25, -0.2) is 0 Å². The Morgan fingerprint density at radius 2 is 2.26 bits per heavy atom. The van der Waals surface area contributed by atoms with Gasteiger partial charge < -0.3 is 20.6 Å². The van der Waals surface area contributed by atoms with Crippen LogP contribution in [0.3, 0.4) is 0 Å². The van der Waals surface area contributed by atoms with Crippen LogP contribution in [0, 0.1) is 0 Å². The predicted molar refractivity (Wildman–Crippen MR) is 72.7 cm³/mol. The Kier molecular flexibility index (Phi) is 5.44. The fraction of sp³-hybridized carbons (Fsp3) is 0.500. The molecule has 1 heterocycles. The topological polar surface area (TPSA) is 106 Å². The van der Waals surface area contributed by atoms with Crippen molar-refractivity contribution < 1.29 is 19.1 Å². The van der Waals surface area contributed by atoms with E-state index in [4.69, 9.17) is 15.3 Å². The second-order valence-corrected chi connectivity index (χ2v) is 6.19. The van der Waals surface area contributed by atoms with Gasteiger partial charge in [0, 0.05) is 4.75 Å². The molecule has 6 nitrogen and oxygen atoms in total. The van der Waals surface area contributed by atoms with Gasteiger partial charge in [0.25, 0.3) is 0 Å². The molecule has 1 amide bonds. The summed E-state index contributed by atoms with van der Waals surface area (Å²) in [5.41, 5.74) is 5.56. The number of furan rings is 1. The Morgan fingerprint density at radius 3 is 2.79 bits per heavy atom. The second kappa shape index (κ2) is 6.63.